The number of nitrogens with zero attached hydrogens (tertiary/aromatic N) is 1. The summed E-state index contributed by atoms with van der Waals surface area (Å²) < 4.78 is 0. The van der Waals surface area contributed by atoms with E-state index < -0.39 is 0 Å². The smallest absolute Gasteiger partial charge is 0.0610 e. The third kappa shape index (κ3) is 7.62. The largest absolute Gasteiger partial charge is 0.394 e. The molecule has 0 aromatic rings. The summed E-state index contributed by atoms with van der Waals surface area (Å²) in [5.74, 6) is 0. The second kappa shape index (κ2) is 9.12. The van der Waals surface area contributed by atoms with E-state index in [1.165, 1.54) is 51.7 Å². The maximum atomic E-state index is 9.58. The lowest BCUT2D eigenvalue weighted by Gasteiger charge is -2.29. The van der Waals surface area contributed by atoms with Crippen LogP contribution in [-0.4, -0.2) is 48.3 Å². The number of aliphatic hydroxyl groups excluding tert-OH is 1. The fraction of sp³-hybridized carbons (Fsp3) is 1.00. The predicted molar refractivity (Wildman–Crippen MR) is 91.7 cm³/mol. The molecular weight excluding hydrogens is 260 g/mol. The molecule has 1 unspecified atom stereocenters. The van der Waals surface area contributed by atoms with Gasteiger partial charge in [0.15, 0.2) is 0 Å². The summed E-state index contributed by atoms with van der Waals surface area (Å²) in [6, 6.07) is 0. The predicted octanol–water partition coefficient (Wildman–Crippen LogP) is 3.42. The Morgan fingerprint density at radius 1 is 1.19 bits per heavy atom. The van der Waals surface area contributed by atoms with Crippen molar-refractivity contribution in [2.24, 2.45) is 5.41 Å². The minimum absolute atomic E-state index is 0.0865. The lowest BCUT2D eigenvalue weighted by Crippen LogP contribution is -2.46. The first-order valence-corrected chi connectivity index (χ1v) is 8.99. The number of rotatable bonds is 9. The Morgan fingerprint density at radius 2 is 1.95 bits per heavy atom. The van der Waals surface area contributed by atoms with Gasteiger partial charge in [0.1, 0.15) is 0 Å². The lowest BCUT2D eigenvalue weighted by atomic mass is 9.85. The molecule has 1 heterocycles. The van der Waals surface area contributed by atoms with Gasteiger partial charge in [-0.2, -0.15) is 0 Å². The Balaban J connectivity index is 2.21. The number of nitrogens with one attached hydrogen (secondary N) is 1. The van der Waals surface area contributed by atoms with Gasteiger partial charge in [-0.1, -0.05) is 27.2 Å². The first kappa shape index (κ1) is 18.9. The van der Waals surface area contributed by atoms with Crippen LogP contribution in [-0.2, 0) is 0 Å². The molecule has 3 nitrogen and oxygen atoms in total. The Bertz CT molecular complexity index is 280. The Labute approximate surface area is 132 Å². The van der Waals surface area contributed by atoms with E-state index in [0.29, 0.717) is 5.41 Å². The average Bonchev–Trinajstić information content (AvgIpc) is 2.62. The van der Waals surface area contributed by atoms with Crippen LogP contribution in [0.25, 0.3) is 0 Å². The molecule has 21 heavy (non-hydrogen) atoms. The molecule has 3 heteroatoms. The molecule has 0 aromatic carbocycles. The Kier molecular flexibility index (Phi) is 8.22. The summed E-state index contributed by atoms with van der Waals surface area (Å²) in [4.78, 5) is 2.64. The molecule has 1 aliphatic rings. The highest BCUT2D eigenvalue weighted by atomic mass is 16.3. The van der Waals surface area contributed by atoms with E-state index in [1.807, 2.05) is 0 Å². The fourth-order valence-corrected chi connectivity index (χ4v) is 3.20. The third-order valence-corrected chi connectivity index (χ3v) is 5.04. The standard InChI is InChI=1S/C18H38N2O/c1-5-12-19-18(4,16-21)10-6-7-13-20-14-8-9-17(2,3)11-15-20/h19,21H,5-16H2,1-4H3. The van der Waals surface area contributed by atoms with Crippen LogP contribution >= 0.6 is 0 Å². The van der Waals surface area contributed by atoms with E-state index in [-0.39, 0.29) is 12.1 Å². The molecular formula is C18H38N2O. The topological polar surface area (TPSA) is 35.5 Å². The minimum Gasteiger partial charge on any atom is -0.394 e. The van der Waals surface area contributed by atoms with Crippen LogP contribution in [0.1, 0.15) is 72.6 Å². The first-order chi connectivity index (χ1) is 9.91. The van der Waals surface area contributed by atoms with Crippen LogP contribution in [0.4, 0.5) is 0 Å². The summed E-state index contributed by atoms with van der Waals surface area (Å²) in [7, 11) is 0. The fourth-order valence-electron chi connectivity index (χ4n) is 3.20. The van der Waals surface area contributed by atoms with E-state index in [0.717, 1.165) is 19.4 Å². The molecule has 126 valence electrons. The van der Waals surface area contributed by atoms with Crippen LogP contribution in [0, 0.1) is 5.41 Å². The molecule has 0 saturated carbocycles. The van der Waals surface area contributed by atoms with Gasteiger partial charge < -0.3 is 15.3 Å². The van der Waals surface area contributed by atoms with Gasteiger partial charge in [-0.15, -0.1) is 0 Å². The zero-order chi connectivity index (χ0) is 15.8. The second-order valence-electron chi connectivity index (χ2n) is 7.96. The maximum Gasteiger partial charge on any atom is 0.0610 e. The SMILES string of the molecule is CCCNC(C)(CO)CCCCN1CCCC(C)(C)CC1. The molecule has 1 rings (SSSR count). The zero-order valence-electron chi connectivity index (χ0n) is 14.9. The van der Waals surface area contributed by atoms with Gasteiger partial charge in [-0.25, -0.2) is 0 Å². The Morgan fingerprint density at radius 3 is 2.62 bits per heavy atom. The van der Waals surface area contributed by atoms with Gasteiger partial charge in [0.2, 0.25) is 0 Å². The molecule has 0 radical (unpaired) electrons. The first-order valence-electron chi connectivity index (χ1n) is 8.99. The number of unbranched alkanes of at least 4 members (excludes halogenated alkanes) is 1. The van der Waals surface area contributed by atoms with E-state index >= 15 is 0 Å². The molecule has 2 N–H and O–H groups in total. The highest BCUT2D eigenvalue weighted by Gasteiger charge is 2.24. The van der Waals surface area contributed by atoms with Gasteiger partial charge in [0.05, 0.1) is 6.61 Å². The zero-order valence-corrected chi connectivity index (χ0v) is 14.9. The normalized spacial score (nSPS) is 22.7. The van der Waals surface area contributed by atoms with Crippen LogP contribution in [0.3, 0.4) is 0 Å². The van der Waals surface area contributed by atoms with E-state index in [9.17, 15) is 5.11 Å². The molecule has 1 atom stereocenters. The van der Waals surface area contributed by atoms with Crippen LogP contribution in [0.5, 0.6) is 0 Å². The van der Waals surface area contributed by atoms with Crippen molar-refractivity contribution in [1.82, 2.24) is 10.2 Å². The second-order valence-corrected chi connectivity index (χ2v) is 7.96. The van der Waals surface area contributed by atoms with Crippen molar-refractivity contribution in [1.29, 1.82) is 0 Å². The van der Waals surface area contributed by atoms with Gasteiger partial charge in [0.25, 0.3) is 0 Å². The van der Waals surface area contributed by atoms with Crippen LogP contribution in [0.2, 0.25) is 0 Å². The summed E-state index contributed by atoms with van der Waals surface area (Å²) in [6.45, 7) is 14.1. The third-order valence-electron chi connectivity index (χ3n) is 5.04. The number of hydrogen-bond acceptors (Lipinski definition) is 3. The monoisotopic (exact) mass is 298 g/mol. The van der Waals surface area contributed by atoms with Gasteiger partial charge in [-0.3, -0.25) is 0 Å². The highest BCUT2D eigenvalue weighted by Crippen LogP contribution is 2.29. The van der Waals surface area contributed by atoms with Crippen molar-refractivity contribution in [2.45, 2.75) is 78.2 Å². The van der Waals surface area contributed by atoms with Crippen molar-refractivity contribution in [3.05, 3.63) is 0 Å². The average molecular weight is 299 g/mol. The van der Waals surface area contributed by atoms with E-state index in [2.05, 4.69) is 37.9 Å². The van der Waals surface area contributed by atoms with Gasteiger partial charge >= 0.3 is 0 Å². The van der Waals surface area contributed by atoms with Gasteiger partial charge in [0, 0.05) is 5.54 Å². The molecule has 0 amide bonds. The molecule has 0 aromatic heterocycles. The minimum atomic E-state index is -0.0865. The quantitative estimate of drug-likeness (QED) is 0.640. The lowest BCUT2D eigenvalue weighted by molar-refractivity contribution is 0.160. The van der Waals surface area contributed by atoms with Crippen molar-refractivity contribution in [3.8, 4) is 0 Å². The molecule has 0 bridgehead atoms. The molecule has 1 fully saturated rings. The van der Waals surface area contributed by atoms with Crippen molar-refractivity contribution in [3.63, 3.8) is 0 Å². The van der Waals surface area contributed by atoms with Crippen LogP contribution in [0.15, 0.2) is 0 Å². The van der Waals surface area contributed by atoms with E-state index in [1.54, 1.807) is 0 Å². The van der Waals surface area contributed by atoms with Crippen molar-refractivity contribution >= 4 is 0 Å². The Hall–Kier alpha value is -0.120. The van der Waals surface area contributed by atoms with Gasteiger partial charge in [-0.05, 0) is 77.0 Å². The highest BCUT2D eigenvalue weighted by molar-refractivity contribution is 4.82. The molecule has 0 aliphatic carbocycles. The summed E-state index contributed by atoms with van der Waals surface area (Å²) in [6.07, 6.45) is 8.70. The molecule has 0 spiro atoms. The van der Waals surface area contributed by atoms with Crippen molar-refractivity contribution in [2.75, 3.05) is 32.8 Å². The number of hydrogen-bond donors (Lipinski definition) is 2. The van der Waals surface area contributed by atoms with E-state index in [4.69, 9.17) is 0 Å². The summed E-state index contributed by atoms with van der Waals surface area (Å²) in [5, 5.41) is 13.1. The summed E-state index contributed by atoms with van der Waals surface area (Å²) >= 11 is 0. The number of aliphatic hydroxyl groups is 1. The van der Waals surface area contributed by atoms with Crippen LogP contribution < -0.4 is 5.32 Å². The maximum absolute atomic E-state index is 9.58. The number of likely N-dealkylation sites (tertiary alicyclic amines) is 1. The van der Waals surface area contributed by atoms with Crippen molar-refractivity contribution < 1.29 is 5.11 Å². The molecule has 1 saturated heterocycles. The molecule has 1 aliphatic heterocycles. The summed E-state index contributed by atoms with van der Waals surface area (Å²) in [5.41, 5.74) is 0.449.